The number of ether oxygens (including phenoxy) is 6. The number of rotatable bonds is 19. The third-order valence-electron chi connectivity index (χ3n) is 7.83. The number of alkyl carbamates (subject to hydrolysis) is 4. The van der Waals surface area contributed by atoms with Gasteiger partial charge >= 0.3 is 42.3 Å². The average molecular weight is 962 g/mol. The number of carbonyl (C=O) groups excluding carboxylic acids is 7. The zero-order chi connectivity index (χ0) is 51.0. The number of aliphatic carboxylic acids is 1. The van der Waals surface area contributed by atoms with Crippen LogP contribution in [0.5, 0.6) is 0 Å². The summed E-state index contributed by atoms with van der Waals surface area (Å²) in [7, 11) is 0. The summed E-state index contributed by atoms with van der Waals surface area (Å²) >= 11 is 0. The number of benzene rings is 2. The lowest BCUT2D eigenvalue weighted by Gasteiger charge is -2.27. The second-order valence-electron chi connectivity index (χ2n) is 19.0. The Hall–Kier alpha value is -6.60. The van der Waals surface area contributed by atoms with E-state index in [4.69, 9.17) is 33.5 Å². The van der Waals surface area contributed by atoms with Crippen molar-refractivity contribution >= 4 is 48.2 Å². The molecule has 5 amide bonds. The number of nitrogens with one attached hydrogen (secondary N) is 4. The van der Waals surface area contributed by atoms with E-state index in [2.05, 4.69) is 21.3 Å². The molecule has 0 aliphatic rings. The van der Waals surface area contributed by atoms with E-state index in [1.54, 1.807) is 132 Å². The van der Waals surface area contributed by atoms with Gasteiger partial charge in [-0.1, -0.05) is 68.1 Å². The highest BCUT2D eigenvalue weighted by Crippen LogP contribution is 2.13. The van der Waals surface area contributed by atoms with E-state index in [0.29, 0.717) is 6.42 Å². The molecular weight excluding hydrogens is 887 g/mol. The topological polar surface area (TPSA) is 264 Å². The molecule has 2 atom stereocenters. The van der Waals surface area contributed by atoms with Crippen LogP contribution in [0.25, 0.3) is 0 Å². The molecule has 5 N–H and O–H groups in total. The fourth-order valence-corrected chi connectivity index (χ4v) is 5.17. The fraction of sp³-hybridized carbons (Fsp3) is 0.583. The summed E-state index contributed by atoms with van der Waals surface area (Å²) < 4.78 is 31.2. The van der Waals surface area contributed by atoms with E-state index < -0.39 is 95.5 Å². The molecule has 2 aromatic rings. The number of carbonyl (C=O) groups is 8. The number of carboxylic acid groups (broad SMARTS) is 1. The van der Waals surface area contributed by atoms with Crippen LogP contribution in [-0.2, 0) is 60.8 Å². The van der Waals surface area contributed by atoms with Crippen LogP contribution < -0.4 is 21.3 Å². The van der Waals surface area contributed by atoms with Crippen molar-refractivity contribution in [1.29, 1.82) is 0 Å². The van der Waals surface area contributed by atoms with E-state index in [0.717, 1.165) is 11.1 Å². The summed E-state index contributed by atoms with van der Waals surface area (Å²) in [5.41, 5.74) is -1.47. The van der Waals surface area contributed by atoms with Gasteiger partial charge in [0.15, 0.2) is 0 Å². The van der Waals surface area contributed by atoms with E-state index in [9.17, 15) is 38.4 Å². The first-order valence-electron chi connectivity index (χ1n) is 21.7. The van der Waals surface area contributed by atoms with Crippen LogP contribution in [0.2, 0.25) is 0 Å². The molecule has 0 aromatic heterocycles. The summed E-state index contributed by atoms with van der Waals surface area (Å²) in [5, 5.41) is 18.8. The Morgan fingerprint density at radius 1 is 0.515 bits per heavy atom. The number of hydrogen-bond donors (Lipinski definition) is 5. The Morgan fingerprint density at radius 3 is 1.24 bits per heavy atom. The lowest BCUT2D eigenvalue weighted by molar-refractivity contribution is -0.151. The van der Waals surface area contributed by atoms with Gasteiger partial charge in [0, 0.05) is 26.2 Å². The molecule has 20 nitrogen and oxygen atoms in total. The Kier molecular flexibility index (Phi) is 26.4. The van der Waals surface area contributed by atoms with Crippen molar-refractivity contribution < 1.29 is 71.9 Å². The lowest BCUT2D eigenvalue weighted by Crippen LogP contribution is -2.48. The number of esters is 2. The average Bonchev–Trinajstić information content (AvgIpc) is 3.17. The van der Waals surface area contributed by atoms with Crippen molar-refractivity contribution in [2.75, 3.05) is 26.2 Å². The molecule has 382 valence electrons. The largest absolute Gasteiger partial charge is 0.481 e. The van der Waals surface area contributed by atoms with Gasteiger partial charge < -0.3 is 59.7 Å². The monoisotopic (exact) mass is 962 g/mol. The third-order valence-corrected chi connectivity index (χ3v) is 7.83. The highest BCUT2D eigenvalue weighted by Gasteiger charge is 2.31. The maximum atomic E-state index is 13.5. The van der Waals surface area contributed by atoms with Crippen molar-refractivity contribution in [3.05, 3.63) is 71.8 Å². The summed E-state index contributed by atoms with van der Waals surface area (Å²) in [6.07, 6.45) is -3.67. The van der Waals surface area contributed by atoms with Gasteiger partial charge in [-0.25, -0.2) is 28.8 Å². The molecule has 20 heteroatoms. The standard InChI is InChI=1S/C31H50N4O9.C16H21NO6.CH4/c1-29(2,3)42-26(38)32-16-13-18-35(19-17-33-27(39)43-30(4,5)6)24(36)20-23(34-28(40)44-31(7,8)9)25(37)41-21-22-14-11-10-12-15-22;1-16(2,3)23-15(21)17-12(9-13(18)19)14(20)22-10-11-7-5-4-6-8-11;/h10-12,14-15,23H,13,16-21H2,1-9H3,(H,32,38)(H,33,39)(H,34,40);4-8,12H,9-10H2,1-3H3,(H,17,21)(H,18,19);1H4. The summed E-state index contributed by atoms with van der Waals surface area (Å²) in [6.45, 7) is 20.9. The predicted molar refractivity (Wildman–Crippen MR) is 252 cm³/mol. The molecule has 0 fully saturated rings. The van der Waals surface area contributed by atoms with Crippen molar-refractivity contribution in [2.45, 2.75) is 157 Å². The molecule has 0 saturated heterocycles. The minimum Gasteiger partial charge on any atom is -0.481 e. The van der Waals surface area contributed by atoms with E-state index in [1.165, 1.54) is 4.90 Å². The Morgan fingerprint density at radius 2 is 0.868 bits per heavy atom. The molecule has 0 bridgehead atoms. The zero-order valence-electron chi connectivity index (χ0n) is 40.9. The summed E-state index contributed by atoms with van der Waals surface area (Å²) in [5.74, 6) is -3.37. The maximum absolute atomic E-state index is 13.5. The van der Waals surface area contributed by atoms with E-state index in [1.807, 2.05) is 12.1 Å². The first-order valence-corrected chi connectivity index (χ1v) is 21.7. The molecule has 68 heavy (non-hydrogen) atoms. The van der Waals surface area contributed by atoms with Gasteiger partial charge in [-0.05, 0) is 101 Å². The quantitative estimate of drug-likeness (QED) is 0.0538. The minimum atomic E-state index is -1.35. The maximum Gasteiger partial charge on any atom is 0.408 e. The Labute approximate surface area is 400 Å². The van der Waals surface area contributed by atoms with E-state index in [-0.39, 0.29) is 46.8 Å². The SMILES string of the molecule is C.CC(C)(C)OC(=O)NC(CC(=O)O)C(=O)OCc1ccccc1.CC(C)(C)OC(=O)NCCCN(CCNC(=O)OC(C)(C)C)C(=O)CC(NC(=O)OC(C)(C)C)C(=O)OCc1ccccc1. The van der Waals surface area contributed by atoms with Crippen molar-refractivity contribution in [1.82, 2.24) is 26.2 Å². The molecule has 2 rings (SSSR count). The smallest absolute Gasteiger partial charge is 0.408 e. The molecular formula is C48H75N5O15. The molecule has 0 radical (unpaired) electrons. The van der Waals surface area contributed by atoms with Crippen LogP contribution in [0.4, 0.5) is 19.2 Å². The van der Waals surface area contributed by atoms with Gasteiger partial charge in [0.1, 0.15) is 47.7 Å². The fourth-order valence-electron chi connectivity index (χ4n) is 5.17. The molecule has 0 aliphatic heterocycles. The highest BCUT2D eigenvalue weighted by atomic mass is 16.6. The van der Waals surface area contributed by atoms with Crippen LogP contribution in [0.15, 0.2) is 60.7 Å². The van der Waals surface area contributed by atoms with Crippen molar-refractivity contribution in [3.63, 3.8) is 0 Å². The number of carboxylic acids is 1. The van der Waals surface area contributed by atoms with Gasteiger partial charge in [-0.2, -0.15) is 0 Å². The van der Waals surface area contributed by atoms with E-state index >= 15 is 0 Å². The van der Waals surface area contributed by atoms with Crippen molar-refractivity contribution in [2.24, 2.45) is 0 Å². The van der Waals surface area contributed by atoms with Gasteiger partial charge in [-0.15, -0.1) is 0 Å². The second-order valence-corrected chi connectivity index (χ2v) is 19.0. The first kappa shape index (κ1) is 61.4. The van der Waals surface area contributed by atoms with Crippen LogP contribution in [0.3, 0.4) is 0 Å². The van der Waals surface area contributed by atoms with Crippen LogP contribution in [-0.4, -0.2) is 119 Å². The Balaban J connectivity index is 0.00000157. The van der Waals surface area contributed by atoms with Gasteiger partial charge in [0.2, 0.25) is 5.91 Å². The van der Waals surface area contributed by atoms with Crippen LogP contribution in [0, 0.1) is 0 Å². The van der Waals surface area contributed by atoms with Crippen LogP contribution in [0.1, 0.15) is 121 Å². The zero-order valence-corrected chi connectivity index (χ0v) is 40.9. The Bertz CT molecular complexity index is 1900. The molecule has 0 heterocycles. The molecule has 0 spiro atoms. The van der Waals surface area contributed by atoms with Gasteiger partial charge in [-0.3, -0.25) is 9.59 Å². The molecule has 2 unspecified atom stereocenters. The number of hydrogen-bond acceptors (Lipinski definition) is 14. The molecule has 2 aromatic carbocycles. The third kappa shape index (κ3) is 31.3. The second kappa shape index (κ2) is 29.2. The summed E-state index contributed by atoms with van der Waals surface area (Å²) in [6, 6.07) is 15.2. The minimum absolute atomic E-state index is 0. The van der Waals surface area contributed by atoms with Crippen molar-refractivity contribution in [3.8, 4) is 0 Å². The number of nitrogens with zero attached hydrogens (tertiary/aromatic N) is 1. The first-order chi connectivity index (χ1) is 30.9. The number of amides is 5. The lowest BCUT2D eigenvalue weighted by atomic mass is 10.1. The van der Waals surface area contributed by atoms with Crippen LogP contribution >= 0.6 is 0 Å². The molecule has 0 saturated carbocycles. The predicted octanol–water partition coefficient (Wildman–Crippen LogP) is 7.02. The van der Waals surface area contributed by atoms with Gasteiger partial charge in [0.25, 0.3) is 0 Å². The molecule has 0 aliphatic carbocycles. The summed E-state index contributed by atoms with van der Waals surface area (Å²) in [4.78, 5) is 99.2. The highest BCUT2D eigenvalue weighted by molar-refractivity contribution is 5.88. The van der Waals surface area contributed by atoms with Gasteiger partial charge in [0.05, 0.1) is 12.8 Å². The normalized spacial score (nSPS) is 12.1.